The van der Waals surface area contributed by atoms with E-state index in [0.717, 1.165) is 71.1 Å². The highest BCUT2D eigenvalue weighted by Gasteiger charge is 2.71. The van der Waals surface area contributed by atoms with Crippen LogP contribution in [0.2, 0.25) is 0 Å². The lowest BCUT2D eigenvalue weighted by Gasteiger charge is -2.53. The molecule has 0 bridgehead atoms. The van der Waals surface area contributed by atoms with E-state index in [1.165, 1.54) is 57.0 Å². The van der Waals surface area contributed by atoms with Gasteiger partial charge in [0.05, 0.1) is 64.5 Å². The minimum atomic E-state index is -2.74. The Hall–Kier alpha value is -10.8. The number of Topliss-reactive ketones (excluding diaryl/α,β-unsaturated/α-hetero) is 9. The van der Waals surface area contributed by atoms with Gasteiger partial charge in [0.2, 0.25) is 35.1 Å². The first-order chi connectivity index (χ1) is 57.2. The van der Waals surface area contributed by atoms with Gasteiger partial charge in [0.25, 0.3) is 0 Å². The molecule has 3 amide bonds. The Morgan fingerprint density at radius 1 is 0.472 bits per heavy atom. The van der Waals surface area contributed by atoms with Gasteiger partial charge in [0.1, 0.15) is 68.7 Å². The van der Waals surface area contributed by atoms with E-state index in [-0.39, 0.29) is 102 Å². The molecule has 1 heterocycles. The number of ketones is 9. The van der Waals surface area contributed by atoms with Crippen molar-refractivity contribution in [3.8, 4) is 17.2 Å². The monoisotopic (exact) mass is 1710 g/mol. The van der Waals surface area contributed by atoms with Gasteiger partial charge >= 0.3 is 0 Å². The van der Waals surface area contributed by atoms with E-state index in [1.807, 2.05) is 11.8 Å². The molecule has 0 aromatic heterocycles. The third kappa shape index (κ3) is 14.4. The van der Waals surface area contributed by atoms with Crippen molar-refractivity contribution in [2.24, 2.45) is 39.9 Å². The van der Waals surface area contributed by atoms with Crippen molar-refractivity contribution in [1.82, 2.24) is 24.5 Å². The fourth-order valence-corrected chi connectivity index (χ4v) is 21.4. The van der Waals surface area contributed by atoms with Crippen LogP contribution in [0.1, 0.15) is 152 Å². The summed E-state index contributed by atoms with van der Waals surface area (Å²) in [5.41, 5.74) is -17.8. The molecular formula is C88H105F3N8O24. The molecule has 0 unspecified atom stereocenters. The number of aliphatic hydroxyl groups excluding tert-OH is 6. The molecule has 1 saturated heterocycles. The molecule has 32 nitrogen and oxygen atoms in total. The van der Waals surface area contributed by atoms with Crippen LogP contribution in [0.25, 0.3) is 17.3 Å². The van der Waals surface area contributed by atoms with Gasteiger partial charge in [-0.3, -0.25) is 82.0 Å². The minimum Gasteiger partial charge on any atom is -0.508 e. The second-order valence-corrected chi connectivity index (χ2v) is 36.3. The van der Waals surface area contributed by atoms with Crippen molar-refractivity contribution >= 4 is 104 Å². The average molecular weight is 1720 g/mol. The first-order valence-electron chi connectivity index (χ1n) is 40.7. The van der Waals surface area contributed by atoms with Gasteiger partial charge in [0.15, 0.2) is 68.8 Å². The zero-order valence-electron chi connectivity index (χ0n) is 71.0. The third-order valence-corrected chi connectivity index (χ3v) is 27.4. The highest BCUT2D eigenvalue weighted by molar-refractivity contribution is 6.28. The molecule has 3 aromatic rings. The Kier molecular flexibility index (Phi) is 24.1. The van der Waals surface area contributed by atoms with Crippen LogP contribution >= 0.6 is 0 Å². The number of benzene rings is 3. The molecule has 4 saturated carbocycles. The molecule has 5 fully saturated rings. The number of nitrogens with one attached hydrogen (secondary N) is 3. The van der Waals surface area contributed by atoms with E-state index in [4.69, 9.17) is 0 Å². The molecule has 11 aliphatic rings. The number of amides is 3. The second-order valence-electron chi connectivity index (χ2n) is 36.3. The number of carbonyl (C=O) groups excluding carboxylic acids is 12. The molecule has 14 rings (SSSR count). The van der Waals surface area contributed by atoms with Gasteiger partial charge in [-0.25, -0.2) is 13.2 Å². The lowest BCUT2D eigenvalue weighted by Crippen LogP contribution is -2.67. The number of nitrogens with zero attached hydrogens (tertiary/aromatic N) is 5. The topological polar surface area (TPSA) is 500 Å². The van der Waals surface area contributed by atoms with Crippen LogP contribution in [-0.2, 0) is 76.8 Å². The number of aliphatic hydroxyl groups is 9. The quantitative estimate of drug-likeness (QED) is 0.0529. The summed E-state index contributed by atoms with van der Waals surface area (Å²) in [7, 11) is 12.7. The van der Waals surface area contributed by atoms with Crippen molar-refractivity contribution in [1.29, 1.82) is 0 Å². The summed E-state index contributed by atoms with van der Waals surface area (Å²) in [6.45, 7) is 10.8. The molecule has 662 valence electrons. The molecule has 1 aliphatic heterocycles. The molecule has 10 aliphatic carbocycles. The maximum absolute atomic E-state index is 15.6. The molecular weight excluding hydrogens is 1610 g/mol. The lowest BCUT2D eigenvalue weighted by molar-refractivity contribution is -0.157. The Labute approximate surface area is 705 Å². The van der Waals surface area contributed by atoms with Gasteiger partial charge in [-0.15, -0.1) is 0 Å². The van der Waals surface area contributed by atoms with Crippen molar-refractivity contribution in [2.45, 2.75) is 179 Å². The van der Waals surface area contributed by atoms with Gasteiger partial charge in [0, 0.05) is 92.0 Å². The minimum absolute atomic E-state index is 0.0530. The van der Waals surface area contributed by atoms with Crippen LogP contribution in [-0.4, -0.2) is 273 Å². The normalized spacial score (nSPS) is 29.8. The second kappa shape index (κ2) is 32.4. The lowest BCUT2D eigenvalue weighted by atomic mass is 9.52. The molecule has 123 heavy (non-hydrogen) atoms. The third-order valence-electron chi connectivity index (χ3n) is 27.4. The van der Waals surface area contributed by atoms with E-state index in [0.29, 0.717) is 31.8 Å². The molecule has 3 aromatic carbocycles. The van der Waals surface area contributed by atoms with Crippen molar-refractivity contribution in [3.05, 3.63) is 120 Å². The summed E-state index contributed by atoms with van der Waals surface area (Å²) < 4.78 is 46.7. The van der Waals surface area contributed by atoms with Crippen LogP contribution in [0.3, 0.4) is 0 Å². The van der Waals surface area contributed by atoms with E-state index >= 15 is 13.2 Å². The first kappa shape index (κ1) is 91.4. The highest BCUT2D eigenvalue weighted by atomic mass is 19.1. The van der Waals surface area contributed by atoms with E-state index in [2.05, 4.69) is 16.0 Å². The maximum Gasteiger partial charge on any atom is 0.241 e. The smallest absolute Gasteiger partial charge is 0.241 e. The summed E-state index contributed by atoms with van der Waals surface area (Å²) in [4.78, 5) is 165. The summed E-state index contributed by atoms with van der Waals surface area (Å²) in [6.07, 6.45) is 5.54. The SMILES string of the molecule is CC(=O)C1=C(O)[C@@]2(O)C(=O)C3=C(O)c4c(O)c(NC(=O)CCC5CCCC5)cc(F)c4C[C@@]3(C)C[C@H]2[C@H](N(C)C)C1=O.CC(=O)C1=C(O)[C@@]2(O)C(=O)C3=C(O)c4c(O)c(NC(=O)[C@@H]5CCCN5C)cc(F)c4C[C@@]3(C)C[C@H]2[C@H](N(C)C)C1=O.CCN(C)CC(=O)Nc1cc(F)c2c(c1O)C(O)=C1C(=O)[C@]3(O)C(O)=C(C(C)=O)C(=O)[C@@H](N(C)C)[C@@H]3C[C@]1(C)C2. The molecule has 15 N–H and O–H groups in total. The van der Waals surface area contributed by atoms with E-state index in [9.17, 15) is 119 Å². The Morgan fingerprint density at radius 2 is 0.780 bits per heavy atom. The number of aromatic hydroxyl groups is 3. The highest BCUT2D eigenvalue weighted by Crippen LogP contribution is 2.63. The molecule has 35 heteroatoms. The molecule has 13 atom stereocenters. The number of hydrogen-bond donors (Lipinski definition) is 15. The van der Waals surface area contributed by atoms with Crippen molar-refractivity contribution < 1.29 is 132 Å². The Morgan fingerprint density at radius 3 is 1.07 bits per heavy atom. The average Bonchev–Trinajstić information content (AvgIpc) is 0.983. The predicted molar refractivity (Wildman–Crippen MR) is 437 cm³/mol. The van der Waals surface area contributed by atoms with Crippen LogP contribution in [0.5, 0.6) is 17.2 Å². The number of halogens is 3. The van der Waals surface area contributed by atoms with Crippen LogP contribution in [0.15, 0.2) is 68.9 Å². The van der Waals surface area contributed by atoms with E-state index < -0.39 is 247 Å². The van der Waals surface area contributed by atoms with Gasteiger partial charge in [-0.2, -0.15) is 0 Å². The van der Waals surface area contributed by atoms with Gasteiger partial charge in [-0.1, -0.05) is 53.4 Å². The number of likely N-dealkylation sites (N-methyl/N-ethyl adjacent to an activating group) is 5. The zero-order valence-corrected chi connectivity index (χ0v) is 71.0. The standard InChI is InChI=1S/C31H37FN2O8.C29H34FN3O8.C28H34FN3O8/c1-14(35)21-27(39)24(34(3)4)17-13-30(2)12-16-18(32)11-19(33-20(36)10-9-15-7-5-6-8-15)25(37)22(16)26(38)23(30)29(41)31(17,42)28(21)40;1-12(34)18-24(37)21(32(3)4)14-11-28(2)10-13-15(30)9-16(31-27(40)17-7-6-8-33(17)5)22(35)19(13)23(36)20(28)26(39)29(14,41)25(18)38;1-7-32(6)11-17(34)30-16-8-15(29)13-9-27(3)10-14-21(31(4)5)24(37)18(12(2)33)25(38)28(14,40)26(39)20(27)23(36)19(13)22(16)35/h11,15,17,24,37-38,40,42H,5-10,12-13H2,1-4H3,(H,33,36);9,14,17,21,35-36,38,41H,6-8,10-11H2,1-5H3,(H,31,40);8,14,21,35-36,38,40H,7,9-11H2,1-6H3,(H,30,34)/t17-,24-,30-,31+;14-,17-,21-,28-,29+;14-,21-,27-,28+/m000/s1. The zero-order chi connectivity index (χ0) is 91.3. The maximum atomic E-state index is 15.6. The largest absolute Gasteiger partial charge is 0.508 e. The fraction of sp³-hybridized carbons (Fsp3) is 0.523. The number of rotatable bonds is 16. The first-order valence-corrected chi connectivity index (χ1v) is 40.7. The fourth-order valence-electron chi connectivity index (χ4n) is 21.4. The Bertz CT molecular complexity index is 5400. The summed E-state index contributed by atoms with van der Waals surface area (Å²) in [6, 6.07) is -1.14. The number of carbonyl (C=O) groups is 12. The number of phenols is 3. The molecule has 0 radical (unpaired) electrons. The van der Waals surface area contributed by atoms with Crippen molar-refractivity contribution in [2.75, 3.05) is 92.0 Å². The van der Waals surface area contributed by atoms with Gasteiger partial charge < -0.3 is 77.2 Å². The number of phenolic OH excluding ortho intramolecular Hbond substituents is 3. The van der Waals surface area contributed by atoms with Crippen LogP contribution in [0.4, 0.5) is 30.2 Å². The van der Waals surface area contributed by atoms with Crippen LogP contribution in [0, 0.1) is 57.4 Å². The summed E-state index contributed by atoms with van der Waals surface area (Å²) in [5, 5.41) is 144. The molecule has 0 spiro atoms. The van der Waals surface area contributed by atoms with Crippen molar-refractivity contribution in [3.63, 3.8) is 0 Å². The number of likely N-dealkylation sites (tertiary alicyclic amines) is 1. The van der Waals surface area contributed by atoms with E-state index in [1.54, 1.807) is 39.8 Å². The number of hydrogen-bond acceptors (Lipinski definition) is 29. The summed E-state index contributed by atoms with van der Waals surface area (Å²) in [5.74, 6) is -23.1. The van der Waals surface area contributed by atoms with Crippen LogP contribution < -0.4 is 16.0 Å². The predicted octanol–water partition coefficient (Wildman–Crippen LogP) is 6.62. The summed E-state index contributed by atoms with van der Waals surface area (Å²) >= 11 is 0. The van der Waals surface area contributed by atoms with Gasteiger partial charge in [-0.05, 0) is 154 Å². The number of fused-ring (bicyclic) bond motifs is 9. The Balaban J connectivity index is 0.000000169. The number of anilines is 3.